The van der Waals surface area contributed by atoms with E-state index in [0.717, 1.165) is 9.13 Å². The average molecular weight is 424 g/mol. The Morgan fingerprint density at radius 3 is 2.61 bits per heavy atom. The normalized spacial score (nSPS) is 11.6. The molecule has 0 fully saturated rings. The number of anilines is 1. The molecule has 2 rings (SSSR count). The van der Waals surface area contributed by atoms with Crippen LogP contribution in [-0.4, -0.2) is 17.9 Å². The summed E-state index contributed by atoms with van der Waals surface area (Å²) in [5.41, 5.74) is 7.19. The molecule has 0 saturated heterocycles. The van der Waals surface area contributed by atoms with Crippen LogP contribution in [-0.2, 0) is 4.79 Å². The van der Waals surface area contributed by atoms with Crippen LogP contribution in [0.4, 0.5) is 5.69 Å². The summed E-state index contributed by atoms with van der Waals surface area (Å²) in [7, 11) is 0. The molecule has 2 amide bonds. The number of amides is 2. The minimum Gasteiger partial charge on any atom is -0.480 e. The maximum Gasteiger partial charge on any atom is 0.265 e. The molecule has 0 aliphatic heterocycles. The summed E-state index contributed by atoms with van der Waals surface area (Å²) in [6, 6.07) is 12.5. The van der Waals surface area contributed by atoms with E-state index in [9.17, 15) is 9.59 Å². The van der Waals surface area contributed by atoms with E-state index in [0.29, 0.717) is 11.4 Å². The molecule has 0 aliphatic carbocycles. The van der Waals surface area contributed by atoms with E-state index in [2.05, 4.69) is 27.9 Å². The van der Waals surface area contributed by atoms with Gasteiger partial charge in [-0.05, 0) is 72.3 Å². The third-order valence-electron chi connectivity index (χ3n) is 3.17. The van der Waals surface area contributed by atoms with Crippen LogP contribution in [0, 0.1) is 10.5 Å². The van der Waals surface area contributed by atoms with Crippen molar-refractivity contribution in [2.75, 3.05) is 5.32 Å². The van der Waals surface area contributed by atoms with Crippen LogP contribution in [0.25, 0.3) is 0 Å². The van der Waals surface area contributed by atoms with Crippen molar-refractivity contribution >= 4 is 40.1 Å². The maximum atomic E-state index is 12.2. The quantitative estimate of drug-likeness (QED) is 0.724. The molecule has 0 heterocycles. The van der Waals surface area contributed by atoms with Gasteiger partial charge in [-0.25, -0.2) is 0 Å². The fourth-order valence-corrected chi connectivity index (χ4v) is 2.53. The van der Waals surface area contributed by atoms with Crippen molar-refractivity contribution in [2.24, 2.45) is 5.73 Å². The number of ether oxygens (including phenoxy) is 1. The van der Waals surface area contributed by atoms with Crippen LogP contribution < -0.4 is 15.8 Å². The van der Waals surface area contributed by atoms with Gasteiger partial charge in [-0.1, -0.05) is 12.1 Å². The number of benzene rings is 2. The first kappa shape index (κ1) is 17.3. The van der Waals surface area contributed by atoms with E-state index in [-0.39, 0.29) is 11.5 Å². The molecule has 3 N–H and O–H groups in total. The zero-order chi connectivity index (χ0) is 17.0. The largest absolute Gasteiger partial charge is 0.480 e. The van der Waals surface area contributed by atoms with Crippen LogP contribution in [0.1, 0.15) is 22.8 Å². The Balaban J connectivity index is 2.12. The van der Waals surface area contributed by atoms with E-state index in [1.807, 2.05) is 25.1 Å². The zero-order valence-electron chi connectivity index (χ0n) is 12.8. The molecule has 1 atom stereocenters. The molecule has 0 aromatic heterocycles. The highest BCUT2D eigenvalue weighted by Crippen LogP contribution is 2.22. The molecule has 6 heteroatoms. The van der Waals surface area contributed by atoms with Crippen molar-refractivity contribution in [1.82, 2.24) is 0 Å². The molecule has 0 aliphatic rings. The van der Waals surface area contributed by atoms with Crippen LogP contribution in [0.5, 0.6) is 5.75 Å². The summed E-state index contributed by atoms with van der Waals surface area (Å²) in [5, 5.41) is 2.78. The van der Waals surface area contributed by atoms with Gasteiger partial charge in [0, 0.05) is 9.26 Å². The summed E-state index contributed by atoms with van der Waals surface area (Å²) >= 11 is 2.17. The Hall–Kier alpha value is -2.09. The number of nitrogens with one attached hydrogen (secondary N) is 1. The Bertz CT molecular complexity index is 746. The zero-order valence-corrected chi connectivity index (χ0v) is 15.0. The SMILES string of the molecule is Cc1ccc(C(N)=O)c(OC(C)C(=O)Nc2cccc(I)c2)c1. The maximum absolute atomic E-state index is 12.2. The number of halogens is 1. The highest BCUT2D eigenvalue weighted by molar-refractivity contribution is 14.1. The van der Waals surface area contributed by atoms with E-state index < -0.39 is 12.0 Å². The van der Waals surface area contributed by atoms with Crippen molar-refractivity contribution in [3.8, 4) is 5.75 Å². The lowest BCUT2D eigenvalue weighted by Gasteiger charge is -2.17. The van der Waals surface area contributed by atoms with E-state index >= 15 is 0 Å². The Morgan fingerprint density at radius 2 is 1.96 bits per heavy atom. The summed E-state index contributed by atoms with van der Waals surface area (Å²) in [5.74, 6) is -0.586. The molecule has 23 heavy (non-hydrogen) atoms. The second-order valence-electron chi connectivity index (χ2n) is 5.12. The third kappa shape index (κ3) is 4.69. The number of carbonyl (C=O) groups excluding carboxylic acids is 2. The summed E-state index contributed by atoms with van der Waals surface area (Å²) in [4.78, 5) is 23.7. The lowest BCUT2D eigenvalue weighted by atomic mass is 10.1. The van der Waals surface area contributed by atoms with Gasteiger partial charge in [-0.2, -0.15) is 0 Å². The molecule has 0 radical (unpaired) electrons. The number of hydrogen-bond donors (Lipinski definition) is 2. The van der Waals surface area contributed by atoms with Gasteiger partial charge in [-0.15, -0.1) is 0 Å². The van der Waals surface area contributed by atoms with E-state index in [1.165, 1.54) is 0 Å². The Morgan fingerprint density at radius 1 is 1.22 bits per heavy atom. The van der Waals surface area contributed by atoms with Crippen LogP contribution in [0.15, 0.2) is 42.5 Å². The first-order chi connectivity index (χ1) is 10.9. The highest BCUT2D eigenvalue weighted by Gasteiger charge is 2.18. The molecular weight excluding hydrogens is 407 g/mol. The fraction of sp³-hybridized carbons (Fsp3) is 0.176. The number of hydrogen-bond acceptors (Lipinski definition) is 3. The van der Waals surface area contributed by atoms with Gasteiger partial charge in [0.05, 0.1) is 5.56 Å². The molecule has 2 aromatic carbocycles. The number of carbonyl (C=O) groups is 2. The second kappa shape index (κ2) is 7.45. The standard InChI is InChI=1S/C17H17IN2O3/c1-10-6-7-14(16(19)21)15(8-10)23-11(2)17(22)20-13-5-3-4-12(18)9-13/h3-9,11H,1-2H3,(H2,19,21)(H,20,22). The second-order valence-corrected chi connectivity index (χ2v) is 6.37. The van der Waals surface area contributed by atoms with Gasteiger partial charge in [0.2, 0.25) is 0 Å². The molecule has 5 nitrogen and oxygen atoms in total. The summed E-state index contributed by atoms with van der Waals surface area (Å²) in [6.07, 6.45) is -0.771. The number of aryl methyl sites for hydroxylation is 1. The first-order valence-corrected chi connectivity index (χ1v) is 8.08. The molecule has 0 spiro atoms. The third-order valence-corrected chi connectivity index (χ3v) is 3.84. The molecule has 0 bridgehead atoms. The fourth-order valence-electron chi connectivity index (χ4n) is 1.98. The summed E-state index contributed by atoms with van der Waals surface area (Å²) in [6.45, 7) is 3.49. The van der Waals surface area contributed by atoms with Gasteiger partial charge in [0.15, 0.2) is 6.10 Å². The van der Waals surface area contributed by atoms with Gasteiger partial charge < -0.3 is 15.8 Å². The number of nitrogens with two attached hydrogens (primary N) is 1. The average Bonchev–Trinajstić information content (AvgIpc) is 2.46. The van der Waals surface area contributed by atoms with E-state index in [4.69, 9.17) is 10.5 Å². The molecular formula is C17H17IN2O3. The number of rotatable bonds is 5. The number of primary amides is 1. The van der Waals surface area contributed by atoms with Crippen LogP contribution in [0.2, 0.25) is 0 Å². The molecule has 120 valence electrons. The predicted octanol–water partition coefficient (Wildman–Crippen LogP) is 3.10. The van der Waals surface area contributed by atoms with Crippen molar-refractivity contribution in [1.29, 1.82) is 0 Å². The van der Waals surface area contributed by atoms with Gasteiger partial charge in [0.1, 0.15) is 5.75 Å². The van der Waals surface area contributed by atoms with Crippen molar-refractivity contribution in [3.63, 3.8) is 0 Å². The minimum atomic E-state index is -0.771. The smallest absolute Gasteiger partial charge is 0.265 e. The van der Waals surface area contributed by atoms with Crippen molar-refractivity contribution < 1.29 is 14.3 Å². The molecule has 0 saturated carbocycles. The lowest BCUT2D eigenvalue weighted by Crippen LogP contribution is -2.31. The lowest BCUT2D eigenvalue weighted by molar-refractivity contribution is -0.122. The first-order valence-electron chi connectivity index (χ1n) is 7.00. The van der Waals surface area contributed by atoms with Gasteiger partial charge in [-0.3, -0.25) is 9.59 Å². The van der Waals surface area contributed by atoms with Crippen LogP contribution in [0.3, 0.4) is 0 Å². The van der Waals surface area contributed by atoms with Crippen LogP contribution >= 0.6 is 22.6 Å². The Kier molecular flexibility index (Phi) is 5.59. The predicted molar refractivity (Wildman–Crippen MR) is 97.6 cm³/mol. The van der Waals surface area contributed by atoms with Crippen molar-refractivity contribution in [2.45, 2.75) is 20.0 Å². The highest BCUT2D eigenvalue weighted by atomic mass is 127. The van der Waals surface area contributed by atoms with E-state index in [1.54, 1.807) is 31.2 Å². The monoisotopic (exact) mass is 424 g/mol. The van der Waals surface area contributed by atoms with Gasteiger partial charge >= 0.3 is 0 Å². The minimum absolute atomic E-state index is 0.254. The van der Waals surface area contributed by atoms with Gasteiger partial charge in [0.25, 0.3) is 11.8 Å². The molecule has 2 aromatic rings. The molecule has 1 unspecified atom stereocenters. The van der Waals surface area contributed by atoms with Crippen molar-refractivity contribution in [3.05, 3.63) is 57.2 Å². The summed E-state index contributed by atoms with van der Waals surface area (Å²) < 4.78 is 6.65. The Labute approximate surface area is 148 Å². The topological polar surface area (TPSA) is 81.4 Å².